The second kappa shape index (κ2) is 16.2. The highest BCUT2D eigenvalue weighted by Gasteiger charge is 2.44. The molecule has 284 valence electrons. The molecule has 4 N–H and O–H groups in total. The molecule has 2 aliphatic heterocycles. The minimum Gasteiger partial charge on any atom is -0.494 e. The monoisotopic (exact) mass is 755 g/mol. The number of para-hydroxylation sites is 1. The van der Waals surface area contributed by atoms with Gasteiger partial charge in [-0.15, -0.1) is 0 Å². The summed E-state index contributed by atoms with van der Waals surface area (Å²) in [5.41, 5.74) is 3.31. The lowest BCUT2D eigenvalue weighted by molar-refractivity contribution is -0.0907. The predicted octanol–water partition coefficient (Wildman–Crippen LogP) is 5.15. The summed E-state index contributed by atoms with van der Waals surface area (Å²) >= 11 is 0. The van der Waals surface area contributed by atoms with Crippen LogP contribution >= 0.6 is 0 Å². The number of fused-ring (bicyclic) bond motifs is 3. The summed E-state index contributed by atoms with van der Waals surface area (Å²) in [6.07, 6.45) is -0.404. The van der Waals surface area contributed by atoms with Crippen LogP contribution < -0.4 is 5.32 Å². The zero-order chi connectivity index (χ0) is 37.8. The number of hydrogen-bond acceptors (Lipinski definition) is 10. The molecule has 14 heteroatoms. The van der Waals surface area contributed by atoms with Gasteiger partial charge in [-0.2, -0.15) is 4.31 Å². The number of carbonyl (C=O) groups excluding carboxylic acids is 1. The molecule has 0 spiro atoms. The second-order valence-electron chi connectivity index (χ2n) is 14.3. The molecule has 2 aliphatic rings. The summed E-state index contributed by atoms with van der Waals surface area (Å²) in [5, 5.41) is 26.9. The SMILES string of the molecule is CC(C)CN(C[C@@H](O)[C@H](Cc1ccccc1)NC(=O)O[C@H]1CO[C@@H]2OCC[C@@H]21)S(=O)(=O)c1ccc2c(C=NCc3ccc4ccccc4n3)c(O)[nH]c2c1. The van der Waals surface area contributed by atoms with Crippen LogP contribution in [0.4, 0.5) is 4.79 Å². The molecule has 2 saturated heterocycles. The van der Waals surface area contributed by atoms with Crippen molar-refractivity contribution in [3.8, 4) is 5.88 Å². The first-order valence-electron chi connectivity index (χ1n) is 18.2. The van der Waals surface area contributed by atoms with Crippen molar-refractivity contribution in [3.05, 3.63) is 102 Å². The van der Waals surface area contributed by atoms with Gasteiger partial charge >= 0.3 is 6.09 Å². The minimum atomic E-state index is -4.17. The number of aromatic nitrogens is 2. The third kappa shape index (κ3) is 8.43. The zero-order valence-electron chi connectivity index (χ0n) is 30.2. The van der Waals surface area contributed by atoms with E-state index in [4.69, 9.17) is 14.2 Å². The highest BCUT2D eigenvalue weighted by Crippen LogP contribution is 2.33. The van der Waals surface area contributed by atoms with E-state index in [0.29, 0.717) is 36.0 Å². The van der Waals surface area contributed by atoms with Crippen LogP contribution in [0.5, 0.6) is 5.88 Å². The largest absolute Gasteiger partial charge is 0.494 e. The molecule has 3 aromatic carbocycles. The van der Waals surface area contributed by atoms with Gasteiger partial charge in [-0.1, -0.05) is 74.5 Å². The Kier molecular flexibility index (Phi) is 11.3. The number of hydrogen-bond donors (Lipinski definition) is 4. The summed E-state index contributed by atoms with van der Waals surface area (Å²) in [4.78, 5) is 25.2. The maximum Gasteiger partial charge on any atom is 0.407 e. The van der Waals surface area contributed by atoms with Gasteiger partial charge in [-0.25, -0.2) is 13.2 Å². The first kappa shape index (κ1) is 37.5. The lowest BCUT2D eigenvalue weighted by Gasteiger charge is -2.31. The van der Waals surface area contributed by atoms with E-state index >= 15 is 0 Å². The van der Waals surface area contributed by atoms with Crippen molar-refractivity contribution in [1.82, 2.24) is 19.6 Å². The van der Waals surface area contributed by atoms with E-state index in [1.54, 1.807) is 12.3 Å². The average molecular weight is 756 g/mol. The Morgan fingerprint density at radius 1 is 1.07 bits per heavy atom. The fourth-order valence-electron chi connectivity index (χ4n) is 7.09. The lowest BCUT2D eigenvalue weighted by Crippen LogP contribution is -2.51. The Labute approximate surface area is 314 Å². The van der Waals surface area contributed by atoms with Gasteiger partial charge in [0.2, 0.25) is 10.0 Å². The third-order valence-corrected chi connectivity index (χ3v) is 11.7. The Morgan fingerprint density at radius 2 is 1.87 bits per heavy atom. The molecule has 0 saturated carbocycles. The van der Waals surface area contributed by atoms with E-state index in [-0.39, 0.29) is 48.7 Å². The van der Waals surface area contributed by atoms with Gasteiger partial charge in [0, 0.05) is 30.1 Å². The molecule has 1 amide bonds. The topological polar surface area (TPSA) is 176 Å². The number of benzene rings is 3. The standard InChI is InChI=1S/C40H45N5O8S/c1-25(2)22-45(23-36(46)35(18-26-8-4-3-5-9-26)44-40(48)53-37-24-52-39-31(37)16-17-51-39)54(49,50)29-14-15-30-32(38(47)43-34(30)19-29)21-41-20-28-13-12-27-10-6-7-11-33(27)42-28/h3-15,19,21,25,31,35-37,39,43,46-47H,16-18,20,22-24H2,1-2H3,(H,44,48)/t31-,35+,36-,37+,39+/m1/s1. The number of aromatic amines is 1. The summed E-state index contributed by atoms with van der Waals surface area (Å²) in [7, 11) is -4.17. The number of nitrogens with zero attached hydrogens (tertiary/aromatic N) is 3. The van der Waals surface area contributed by atoms with Crippen LogP contribution in [0.3, 0.4) is 0 Å². The number of amides is 1. The molecular formula is C40H45N5O8S. The number of H-pyrrole nitrogens is 1. The normalized spacial score (nSPS) is 19.9. The van der Waals surface area contributed by atoms with Crippen molar-refractivity contribution in [1.29, 1.82) is 0 Å². The predicted molar refractivity (Wildman–Crippen MR) is 204 cm³/mol. The summed E-state index contributed by atoms with van der Waals surface area (Å²) in [6, 6.07) is 24.7. The van der Waals surface area contributed by atoms with Crippen molar-refractivity contribution in [2.75, 3.05) is 26.3 Å². The van der Waals surface area contributed by atoms with Crippen molar-refractivity contribution in [2.45, 2.75) is 62.7 Å². The number of rotatable bonds is 14. The maximum absolute atomic E-state index is 14.3. The molecule has 5 aromatic rings. The van der Waals surface area contributed by atoms with Crippen LogP contribution in [-0.2, 0) is 37.2 Å². The Morgan fingerprint density at radius 3 is 2.69 bits per heavy atom. The zero-order valence-corrected chi connectivity index (χ0v) is 31.0. The third-order valence-electron chi connectivity index (χ3n) is 9.83. The van der Waals surface area contributed by atoms with Crippen molar-refractivity contribution in [2.24, 2.45) is 16.8 Å². The van der Waals surface area contributed by atoms with Crippen LogP contribution in [0.25, 0.3) is 21.8 Å². The van der Waals surface area contributed by atoms with Gasteiger partial charge in [0.25, 0.3) is 0 Å². The number of carbonyl (C=O) groups is 1. The average Bonchev–Trinajstić information content (AvgIpc) is 3.86. The molecule has 2 aromatic heterocycles. The van der Waals surface area contributed by atoms with E-state index < -0.39 is 40.7 Å². The number of alkyl carbamates (subject to hydrolysis) is 1. The summed E-state index contributed by atoms with van der Waals surface area (Å²) in [5.74, 6) is -0.291. The van der Waals surface area contributed by atoms with Crippen LogP contribution in [-0.4, -0.2) is 96.1 Å². The van der Waals surface area contributed by atoms with Gasteiger partial charge in [0.1, 0.15) is 6.10 Å². The minimum absolute atomic E-state index is 0.0190. The van der Waals surface area contributed by atoms with Gasteiger partial charge in [0.15, 0.2) is 12.2 Å². The molecule has 5 atom stereocenters. The van der Waals surface area contributed by atoms with Gasteiger partial charge in [0.05, 0.1) is 65.0 Å². The number of aliphatic hydroxyl groups excluding tert-OH is 1. The molecule has 2 fully saturated rings. The number of aliphatic imine (C=N–C) groups is 1. The number of nitrogens with one attached hydrogen (secondary N) is 2. The van der Waals surface area contributed by atoms with Gasteiger partial charge < -0.3 is 34.7 Å². The fraction of sp³-hybridized carbons (Fsp3) is 0.375. The van der Waals surface area contributed by atoms with Crippen molar-refractivity contribution < 1.29 is 37.6 Å². The number of sulfonamides is 1. The van der Waals surface area contributed by atoms with Crippen molar-refractivity contribution >= 4 is 44.1 Å². The van der Waals surface area contributed by atoms with Crippen molar-refractivity contribution in [3.63, 3.8) is 0 Å². The number of ether oxygens (including phenoxy) is 3. The fourth-order valence-corrected chi connectivity index (χ4v) is 8.74. The molecule has 0 bridgehead atoms. The lowest BCUT2D eigenvalue weighted by atomic mass is 10.0. The molecule has 54 heavy (non-hydrogen) atoms. The highest BCUT2D eigenvalue weighted by molar-refractivity contribution is 7.89. The number of pyridine rings is 1. The van der Waals surface area contributed by atoms with E-state index in [0.717, 1.165) is 22.2 Å². The molecule has 4 heterocycles. The highest BCUT2D eigenvalue weighted by atomic mass is 32.2. The number of aliphatic hydroxyl groups is 1. The Hall–Kier alpha value is -4.86. The second-order valence-corrected chi connectivity index (χ2v) is 16.2. The first-order chi connectivity index (χ1) is 26.0. The van der Waals surface area contributed by atoms with Gasteiger partial charge in [-0.05, 0) is 48.6 Å². The maximum atomic E-state index is 14.3. The molecular weight excluding hydrogens is 711 g/mol. The first-order valence-corrected chi connectivity index (χ1v) is 19.6. The van der Waals surface area contributed by atoms with E-state index in [1.807, 2.05) is 80.6 Å². The molecule has 0 aliphatic carbocycles. The van der Waals surface area contributed by atoms with E-state index in [9.17, 15) is 23.4 Å². The molecule has 13 nitrogen and oxygen atoms in total. The van der Waals surface area contributed by atoms with Crippen LogP contribution in [0.15, 0.2) is 94.8 Å². The van der Waals surface area contributed by atoms with Crippen LogP contribution in [0.2, 0.25) is 0 Å². The summed E-state index contributed by atoms with van der Waals surface area (Å²) in [6.45, 7) is 4.64. The van der Waals surface area contributed by atoms with Crippen LogP contribution in [0, 0.1) is 11.8 Å². The summed E-state index contributed by atoms with van der Waals surface area (Å²) < 4.78 is 46.7. The molecule has 7 rings (SSSR count). The van der Waals surface area contributed by atoms with Crippen LogP contribution in [0.1, 0.15) is 37.1 Å². The molecule has 0 radical (unpaired) electrons. The number of aromatic hydroxyl groups is 1. The van der Waals surface area contributed by atoms with Gasteiger partial charge in [-0.3, -0.25) is 9.98 Å². The van der Waals surface area contributed by atoms with E-state index in [1.165, 1.54) is 16.4 Å². The van der Waals surface area contributed by atoms with E-state index in [2.05, 4.69) is 20.3 Å². The smallest absolute Gasteiger partial charge is 0.407 e. The quantitative estimate of drug-likeness (QED) is 0.112. The molecule has 0 unspecified atom stereocenters. The Balaban J connectivity index is 1.08. The Bertz CT molecular complexity index is 2230.